The van der Waals surface area contributed by atoms with Crippen LogP contribution in [0.15, 0.2) is 109 Å². The number of carbonyl (C=O) groups is 2. The SMILES string of the molecule is COC(=O)c1cccc(C(=O)CSC(c2ccccc2)(c2ccccc2)c2ccccc2)n1. The number of carbonyl (C=O) groups excluding carboxylic acids is 2. The molecular formula is C28H23NO3S. The topological polar surface area (TPSA) is 56.3 Å². The molecule has 4 nitrogen and oxygen atoms in total. The van der Waals surface area contributed by atoms with E-state index in [1.165, 1.54) is 13.2 Å². The number of esters is 1. The van der Waals surface area contributed by atoms with Gasteiger partial charge < -0.3 is 4.74 Å². The second-order valence-electron chi connectivity index (χ2n) is 7.39. The Kier molecular flexibility index (Phi) is 7.01. The van der Waals surface area contributed by atoms with Crippen molar-refractivity contribution in [3.8, 4) is 0 Å². The molecule has 0 N–H and O–H groups in total. The van der Waals surface area contributed by atoms with Crippen LogP contribution < -0.4 is 0 Å². The molecule has 0 fully saturated rings. The quantitative estimate of drug-likeness (QED) is 0.192. The second-order valence-corrected chi connectivity index (χ2v) is 8.58. The van der Waals surface area contributed by atoms with Crippen molar-refractivity contribution in [1.82, 2.24) is 4.98 Å². The third-order valence-electron chi connectivity index (χ3n) is 5.39. The van der Waals surface area contributed by atoms with E-state index < -0.39 is 10.7 Å². The Morgan fingerprint density at radius 2 is 1.15 bits per heavy atom. The van der Waals surface area contributed by atoms with E-state index in [9.17, 15) is 9.59 Å². The van der Waals surface area contributed by atoms with Gasteiger partial charge in [0, 0.05) is 0 Å². The van der Waals surface area contributed by atoms with Crippen molar-refractivity contribution < 1.29 is 14.3 Å². The molecule has 0 atom stereocenters. The first-order valence-corrected chi connectivity index (χ1v) is 11.5. The van der Waals surface area contributed by atoms with E-state index in [-0.39, 0.29) is 22.9 Å². The molecule has 1 aromatic heterocycles. The molecule has 0 saturated carbocycles. The lowest BCUT2D eigenvalue weighted by Gasteiger charge is -2.35. The number of hydrogen-bond acceptors (Lipinski definition) is 5. The Hall–Kier alpha value is -3.70. The van der Waals surface area contributed by atoms with E-state index in [4.69, 9.17) is 4.74 Å². The molecule has 0 amide bonds. The lowest BCUT2D eigenvalue weighted by molar-refractivity contribution is 0.0594. The Morgan fingerprint density at radius 3 is 1.61 bits per heavy atom. The number of methoxy groups -OCH3 is 1. The van der Waals surface area contributed by atoms with Gasteiger partial charge in [0.15, 0.2) is 5.78 Å². The third-order valence-corrected chi connectivity index (χ3v) is 6.94. The fourth-order valence-electron chi connectivity index (χ4n) is 3.82. The van der Waals surface area contributed by atoms with Crippen LogP contribution in [-0.2, 0) is 9.48 Å². The standard InChI is InChI=1S/C28H23NO3S/c1-32-27(31)25-19-11-18-24(29-25)26(30)20-33-28(21-12-5-2-6-13-21,22-14-7-3-8-15-22)23-16-9-4-10-17-23/h2-19H,20H2,1H3. The predicted octanol–water partition coefficient (Wildman–Crippen LogP) is 5.78. The second kappa shape index (κ2) is 10.3. The molecule has 33 heavy (non-hydrogen) atoms. The first kappa shape index (κ1) is 22.5. The zero-order valence-electron chi connectivity index (χ0n) is 18.2. The van der Waals surface area contributed by atoms with Crippen LogP contribution in [0.25, 0.3) is 0 Å². The Labute approximate surface area is 197 Å². The molecule has 0 aliphatic heterocycles. The van der Waals surface area contributed by atoms with Crippen LogP contribution in [0.4, 0.5) is 0 Å². The van der Waals surface area contributed by atoms with Crippen LogP contribution in [0.5, 0.6) is 0 Å². The monoisotopic (exact) mass is 453 g/mol. The van der Waals surface area contributed by atoms with Gasteiger partial charge in [-0.05, 0) is 28.8 Å². The number of benzene rings is 3. The van der Waals surface area contributed by atoms with Crippen molar-refractivity contribution in [1.29, 1.82) is 0 Å². The van der Waals surface area contributed by atoms with Gasteiger partial charge in [-0.15, -0.1) is 11.8 Å². The highest BCUT2D eigenvalue weighted by atomic mass is 32.2. The molecule has 164 valence electrons. The number of rotatable bonds is 8. The van der Waals surface area contributed by atoms with Gasteiger partial charge in [-0.2, -0.15) is 0 Å². The van der Waals surface area contributed by atoms with Crippen molar-refractivity contribution in [2.24, 2.45) is 0 Å². The predicted molar refractivity (Wildman–Crippen MR) is 132 cm³/mol. The summed E-state index contributed by atoms with van der Waals surface area (Å²) in [5.74, 6) is -0.543. The number of hydrogen-bond donors (Lipinski definition) is 0. The number of aromatic nitrogens is 1. The Bertz CT molecular complexity index is 1130. The van der Waals surface area contributed by atoms with Crippen LogP contribution >= 0.6 is 11.8 Å². The van der Waals surface area contributed by atoms with Crippen LogP contribution in [0.3, 0.4) is 0 Å². The van der Waals surface area contributed by atoms with E-state index in [0.29, 0.717) is 0 Å². The molecule has 0 spiro atoms. The van der Waals surface area contributed by atoms with E-state index >= 15 is 0 Å². The first-order valence-electron chi connectivity index (χ1n) is 10.5. The average molecular weight is 454 g/mol. The zero-order chi connectivity index (χ0) is 23.1. The average Bonchev–Trinajstić information content (AvgIpc) is 2.90. The summed E-state index contributed by atoms with van der Waals surface area (Å²) in [4.78, 5) is 29.3. The maximum Gasteiger partial charge on any atom is 0.356 e. The summed E-state index contributed by atoms with van der Waals surface area (Å²) in [6.45, 7) is 0. The summed E-state index contributed by atoms with van der Waals surface area (Å²) in [5.41, 5.74) is 3.60. The highest BCUT2D eigenvalue weighted by Gasteiger charge is 2.37. The largest absolute Gasteiger partial charge is 0.464 e. The van der Waals surface area contributed by atoms with Crippen molar-refractivity contribution >= 4 is 23.5 Å². The molecule has 0 aliphatic rings. The smallest absolute Gasteiger partial charge is 0.356 e. The summed E-state index contributed by atoms with van der Waals surface area (Å²) in [6.07, 6.45) is 0. The van der Waals surface area contributed by atoms with Crippen LogP contribution in [0.1, 0.15) is 37.7 Å². The van der Waals surface area contributed by atoms with Gasteiger partial charge >= 0.3 is 5.97 Å². The first-order chi connectivity index (χ1) is 16.1. The van der Waals surface area contributed by atoms with Crippen LogP contribution in [-0.4, -0.2) is 29.6 Å². The van der Waals surface area contributed by atoms with Gasteiger partial charge in [-0.25, -0.2) is 9.78 Å². The van der Waals surface area contributed by atoms with E-state index in [1.807, 2.05) is 54.6 Å². The summed E-state index contributed by atoms with van der Waals surface area (Å²) in [7, 11) is 1.29. The number of pyridine rings is 1. The van der Waals surface area contributed by atoms with Gasteiger partial charge in [0.25, 0.3) is 0 Å². The third kappa shape index (κ3) is 4.73. The lowest BCUT2D eigenvalue weighted by Crippen LogP contribution is -2.27. The van der Waals surface area contributed by atoms with E-state index in [2.05, 4.69) is 41.4 Å². The lowest BCUT2D eigenvalue weighted by atomic mass is 9.84. The number of Topliss-reactive ketones (excluding diaryl/α,β-unsaturated/α-hetero) is 1. The maximum absolute atomic E-state index is 13.2. The number of ether oxygens (including phenoxy) is 1. The zero-order valence-corrected chi connectivity index (χ0v) is 19.0. The minimum Gasteiger partial charge on any atom is -0.464 e. The Balaban J connectivity index is 1.76. The van der Waals surface area contributed by atoms with Crippen molar-refractivity contribution in [3.63, 3.8) is 0 Å². The summed E-state index contributed by atoms with van der Waals surface area (Å²) in [5, 5.41) is 0. The molecule has 4 aromatic rings. The molecule has 5 heteroatoms. The van der Waals surface area contributed by atoms with Crippen LogP contribution in [0.2, 0.25) is 0 Å². The molecule has 0 saturated heterocycles. The van der Waals surface area contributed by atoms with Gasteiger partial charge in [0.05, 0.1) is 17.6 Å². The molecule has 0 radical (unpaired) electrons. The number of ketones is 1. The Morgan fingerprint density at radius 1 is 0.697 bits per heavy atom. The van der Waals surface area contributed by atoms with Gasteiger partial charge in [0.2, 0.25) is 0 Å². The molecule has 1 heterocycles. The summed E-state index contributed by atoms with van der Waals surface area (Å²) >= 11 is 1.55. The molecule has 4 rings (SSSR count). The van der Waals surface area contributed by atoms with Gasteiger partial charge in [0.1, 0.15) is 11.4 Å². The highest BCUT2D eigenvalue weighted by Crippen LogP contribution is 2.48. The fraction of sp³-hybridized carbons (Fsp3) is 0.107. The molecule has 0 unspecified atom stereocenters. The van der Waals surface area contributed by atoms with Crippen molar-refractivity contribution in [3.05, 3.63) is 137 Å². The number of thioether (sulfide) groups is 1. The van der Waals surface area contributed by atoms with Gasteiger partial charge in [-0.3, -0.25) is 4.79 Å². The number of nitrogens with zero attached hydrogens (tertiary/aromatic N) is 1. The molecule has 3 aromatic carbocycles. The molecular weight excluding hydrogens is 430 g/mol. The fourth-order valence-corrected chi connectivity index (χ4v) is 5.23. The van der Waals surface area contributed by atoms with Crippen molar-refractivity contribution in [2.75, 3.05) is 12.9 Å². The highest BCUT2D eigenvalue weighted by molar-refractivity contribution is 8.01. The minimum absolute atomic E-state index is 0.119. The van der Waals surface area contributed by atoms with Crippen LogP contribution in [0, 0.1) is 0 Å². The maximum atomic E-state index is 13.2. The van der Waals surface area contributed by atoms with E-state index in [0.717, 1.165) is 16.7 Å². The molecule has 0 aliphatic carbocycles. The molecule has 0 bridgehead atoms. The summed E-state index contributed by atoms with van der Waals surface area (Å²) in [6, 6.07) is 35.4. The van der Waals surface area contributed by atoms with E-state index in [1.54, 1.807) is 23.9 Å². The van der Waals surface area contributed by atoms with Crippen molar-refractivity contribution in [2.45, 2.75) is 4.75 Å². The van der Waals surface area contributed by atoms with Gasteiger partial charge in [-0.1, -0.05) is 97.1 Å². The normalized spacial score (nSPS) is 11.1. The summed E-state index contributed by atoms with van der Waals surface area (Å²) < 4.78 is 4.14. The minimum atomic E-state index is -0.598.